The molecule has 1 rings (SSSR count). The van der Waals surface area contributed by atoms with Crippen LogP contribution in [0.25, 0.3) is 0 Å². The molecule has 0 spiro atoms. The fourth-order valence-electron chi connectivity index (χ4n) is 6.94. The van der Waals surface area contributed by atoms with Gasteiger partial charge in [-0.1, -0.05) is 141 Å². The smallest absolute Gasteiger partial charge is 0.323 e. The van der Waals surface area contributed by atoms with Crippen molar-refractivity contribution in [1.82, 2.24) is 4.90 Å². The van der Waals surface area contributed by atoms with E-state index in [1.807, 2.05) is 11.9 Å². The number of nitrogens with zero attached hydrogens (tertiary/aromatic N) is 1. The lowest BCUT2D eigenvalue weighted by Crippen LogP contribution is -2.36. The standard InChI is InChI=1S/C48H87NO8/c1-5-8-11-14-17-18-19-20-21-22-23-24-25-26-29-34-45(50)55-40-43(42-57-48(52)44-33-32-37-49(44)4)41-56-46(51)35-36-47(53-38-30-27-15-12-9-6-2)54-39-31-28-16-13-10-7-3/h17-18,20-21,43-44,47H,5-16,19,22-42H2,1-4H3/b18-17-,21-20-/t43?,44-/m1/s1. The van der Waals surface area contributed by atoms with Crippen LogP contribution in [0.3, 0.4) is 0 Å². The number of hydrogen-bond acceptors (Lipinski definition) is 9. The molecule has 9 nitrogen and oxygen atoms in total. The fraction of sp³-hybridized carbons (Fsp3) is 0.854. The predicted octanol–water partition coefficient (Wildman–Crippen LogP) is 12.0. The second kappa shape index (κ2) is 39.2. The highest BCUT2D eigenvalue weighted by Crippen LogP contribution is 2.18. The van der Waals surface area contributed by atoms with Crippen LogP contribution in [0, 0.1) is 5.92 Å². The molecule has 0 N–H and O–H groups in total. The van der Waals surface area contributed by atoms with Crippen molar-refractivity contribution in [3.8, 4) is 0 Å². The van der Waals surface area contributed by atoms with Crippen LogP contribution in [-0.2, 0) is 38.1 Å². The minimum atomic E-state index is -0.445. The number of allylic oxidation sites excluding steroid dienone is 4. The summed E-state index contributed by atoms with van der Waals surface area (Å²) in [5, 5.41) is 0. The second-order valence-electron chi connectivity index (χ2n) is 16.2. The third kappa shape index (κ3) is 32.3. The van der Waals surface area contributed by atoms with Gasteiger partial charge in [-0.25, -0.2) is 0 Å². The van der Waals surface area contributed by atoms with Gasteiger partial charge in [0.25, 0.3) is 0 Å². The van der Waals surface area contributed by atoms with Crippen molar-refractivity contribution in [2.45, 2.75) is 213 Å². The molecule has 0 saturated carbocycles. The SMILES string of the molecule is CCCCC/C=C\C/C=C\CCCCCCCC(=O)OCC(COC(=O)CCC(OCCCCCCCC)OCCCCCCCC)COC(=O)[C@H]1CCCN1C. The van der Waals surface area contributed by atoms with Gasteiger partial charge in [0.15, 0.2) is 6.29 Å². The lowest BCUT2D eigenvalue weighted by Gasteiger charge is -2.21. The zero-order chi connectivity index (χ0) is 41.4. The van der Waals surface area contributed by atoms with Crippen LogP contribution in [0.4, 0.5) is 0 Å². The first kappa shape index (κ1) is 52.8. The minimum absolute atomic E-state index is 0.00545. The maximum Gasteiger partial charge on any atom is 0.323 e. The Morgan fingerprint density at radius 1 is 0.579 bits per heavy atom. The molecule has 1 aliphatic rings. The summed E-state index contributed by atoms with van der Waals surface area (Å²) in [6.45, 7) is 8.84. The van der Waals surface area contributed by atoms with Gasteiger partial charge in [0.05, 0.1) is 12.3 Å². The zero-order valence-electron chi connectivity index (χ0n) is 37.3. The average Bonchev–Trinajstić information content (AvgIpc) is 3.65. The largest absolute Gasteiger partial charge is 0.465 e. The summed E-state index contributed by atoms with van der Waals surface area (Å²) in [5.41, 5.74) is 0. The Bertz CT molecular complexity index is 998. The van der Waals surface area contributed by atoms with E-state index >= 15 is 0 Å². The maximum atomic E-state index is 12.9. The number of hydrogen-bond donors (Lipinski definition) is 0. The van der Waals surface area contributed by atoms with E-state index in [1.165, 1.54) is 77.0 Å². The van der Waals surface area contributed by atoms with Crippen molar-refractivity contribution in [2.24, 2.45) is 5.92 Å². The zero-order valence-corrected chi connectivity index (χ0v) is 37.3. The molecule has 0 radical (unpaired) electrons. The molecule has 1 unspecified atom stereocenters. The van der Waals surface area contributed by atoms with Gasteiger partial charge in [-0.2, -0.15) is 0 Å². The average molecular weight is 806 g/mol. The Kier molecular flexibility index (Phi) is 36.3. The molecule has 1 fully saturated rings. The Labute approximate surface area is 349 Å². The molecule has 0 aliphatic carbocycles. The topological polar surface area (TPSA) is 101 Å². The number of likely N-dealkylation sites (N-methyl/N-ethyl adjacent to an activating group) is 1. The normalized spacial score (nSPS) is 15.3. The van der Waals surface area contributed by atoms with Crippen molar-refractivity contribution < 1.29 is 38.1 Å². The van der Waals surface area contributed by atoms with Crippen LogP contribution in [0.15, 0.2) is 24.3 Å². The van der Waals surface area contributed by atoms with Gasteiger partial charge >= 0.3 is 17.9 Å². The van der Waals surface area contributed by atoms with Gasteiger partial charge in [0, 0.05) is 26.1 Å². The van der Waals surface area contributed by atoms with Crippen LogP contribution >= 0.6 is 0 Å². The fourth-order valence-corrected chi connectivity index (χ4v) is 6.94. The molecular formula is C48H87NO8. The van der Waals surface area contributed by atoms with Gasteiger partial charge in [-0.3, -0.25) is 19.3 Å². The van der Waals surface area contributed by atoms with Gasteiger partial charge in [0.1, 0.15) is 25.9 Å². The number of unbranched alkanes of at least 4 members (excludes halogenated alkanes) is 18. The molecule has 57 heavy (non-hydrogen) atoms. The van der Waals surface area contributed by atoms with Crippen molar-refractivity contribution in [1.29, 1.82) is 0 Å². The van der Waals surface area contributed by atoms with Gasteiger partial charge in [-0.15, -0.1) is 0 Å². The van der Waals surface area contributed by atoms with E-state index in [0.717, 1.165) is 90.0 Å². The number of rotatable bonds is 40. The molecule has 9 heteroatoms. The summed E-state index contributed by atoms with van der Waals surface area (Å²) in [6, 6.07) is -0.265. The molecule has 0 aromatic rings. The molecular weight excluding hydrogens is 719 g/mol. The highest BCUT2D eigenvalue weighted by atomic mass is 16.7. The maximum absolute atomic E-state index is 12.9. The molecule has 0 aromatic carbocycles. The predicted molar refractivity (Wildman–Crippen MR) is 233 cm³/mol. The van der Waals surface area contributed by atoms with Crippen LogP contribution in [0.2, 0.25) is 0 Å². The lowest BCUT2D eigenvalue weighted by molar-refractivity contribution is -0.162. The highest BCUT2D eigenvalue weighted by molar-refractivity contribution is 5.76. The van der Waals surface area contributed by atoms with E-state index < -0.39 is 12.2 Å². The van der Waals surface area contributed by atoms with Gasteiger partial charge < -0.3 is 23.7 Å². The summed E-state index contributed by atoms with van der Waals surface area (Å²) in [6.07, 6.45) is 37.8. The van der Waals surface area contributed by atoms with E-state index in [-0.39, 0.29) is 50.2 Å². The quantitative estimate of drug-likeness (QED) is 0.0197. The molecule has 0 aromatic heterocycles. The Balaban J connectivity index is 2.48. The molecule has 1 heterocycles. The number of likely N-dealkylation sites (tertiary alicyclic amines) is 1. The van der Waals surface area contributed by atoms with Crippen LogP contribution < -0.4 is 0 Å². The molecule has 0 amide bonds. The molecule has 0 bridgehead atoms. The first-order valence-electron chi connectivity index (χ1n) is 23.6. The van der Waals surface area contributed by atoms with E-state index in [4.69, 9.17) is 23.7 Å². The first-order chi connectivity index (χ1) is 27.9. The second-order valence-corrected chi connectivity index (χ2v) is 16.2. The Morgan fingerprint density at radius 2 is 1.05 bits per heavy atom. The molecule has 1 saturated heterocycles. The van der Waals surface area contributed by atoms with Crippen molar-refractivity contribution in [2.75, 3.05) is 46.6 Å². The Morgan fingerprint density at radius 3 is 1.61 bits per heavy atom. The summed E-state index contributed by atoms with van der Waals surface area (Å²) >= 11 is 0. The monoisotopic (exact) mass is 806 g/mol. The van der Waals surface area contributed by atoms with E-state index in [0.29, 0.717) is 26.1 Å². The molecule has 2 atom stereocenters. The number of esters is 3. The van der Waals surface area contributed by atoms with Crippen molar-refractivity contribution in [3.63, 3.8) is 0 Å². The van der Waals surface area contributed by atoms with Crippen LogP contribution in [0.1, 0.15) is 201 Å². The van der Waals surface area contributed by atoms with Crippen LogP contribution in [-0.4, -0.2) is 81.8 Å². The Hall–Kier alpha value is -2.23. The summed E-state index contributed by atoms with van der Waals surface area (Å²) < 4.78 is 29.1. The third-order valence-electron chi connectivity index (χ3n) is 10.7. The third-order valence-corrected chi connectivity index (χ3v) is 10.7. The van der Waals surface area contributed by atoms with E-state index in [9.17, 15) is 14.4 Å². The highest BCUT2D eigenvalue weighted by Gasteiger charge is 2.30. The van der Waals surface area contributed by atoms with Crippen molar-refractivity contribution in [3.05, 3.63) is 24.3 Å². The number of carbonyl (C=O) groups is 3. The van der Waals surface area contributed by atoms with Gasteiger partial charge in [0.2, 0.25) is 0 Å². The molecule has 332 valence electrons. The van der Waals surface area contributed by atoms with Crippen LogP contribution in [0.5, 0.6) is 0 Å². The summed E-state index contributed by atoms with van der Waals surface area (Å²) in [4.78, 5) is 40.4. The summed E-state index contributed by atoms with van der Waals surface area (Å²) in [7, 11) is 1.93. The minimum Gasteiger partial charge on any atom is -0.465 e. The lowest BCUT2D eigenvalue weighted by atomic mass is 10.1. The summed E-state index contributed by atoms with van der Waals surface area (Å²) in [5.74, 6) is -1.36. The van der Waals surface area contributed by atoms with E-state index in [1.54, 1.807) is 0 Å². The van der Waals surface area contributed by atoms with Crippen molar-refractivity contribution >= 4 is 17.9 Å². The molecule has 1 aliphatic heterocycles. The number of carbonyl (C=O) groups excluding carboxylic acids is 3. The number of ether oxygens (including phenoxy) is 5. The van der Waals surface area contributed by atoms with E-state index in [2.05, 4.69) is 45.1 Å². The van der Waals surface area contributed by atoms with Gasteiger partial charge in [-0.05, 0) is 77.8 Å². The first-order valence-corrected chi connectivity index (χ1v) is 23.6.